The zero-order chi connectivity index (χ0) is 18.8. The first-order valence-corrected chi connectivity index (χ1v) is 8.28. The number of carboxylic acids is 1. The van der Waals surface area contributed by atoms with Crippen LogP contribution in [0.15, 0.2) is 35.3 Å². The molecule has 0 amide bonds. The Bertz CT molecular complexity index is 927. The van der Waals surface area contributed by atoms with Gasteiger partial charge in [-0.3, -0.25) is 4.79 Å². The molecule has 1 N–H and O–H groups in total. The van der Waals surface area contributed by atoms with E-state index < -0.39 is 23.5 Å². The maximum Gasteiger partial charge on any atom is 0.340 e. The quantitative estimate of drug-likeness (QED) is 0.809. The molecule has 0 radical (unpaired) electrons. The predicted molar refractivity (Wildman–Crippen MR) is 94.2 cm³/mol. The van der Waals surface area contributed by atoms with E-state index in [1.165, 1.54) is 19.4 Å². The highest BCUT2D eigenvalue weighted by Crippen LogP contribution is 2.29. The van der Waals surface area contributed by atoms with Crippen LogP contribution in [0.4, 0.5) is 5.69 Å². The van der Waals surface area contributed by atoms with Gasteiger partial charge >= 0.3 is 11.9 Å². The van der Waals surface area contributed by atoms with Crippen molar-refractivity contribution in [1.29, 1.82) is 0 Å². The molecule has 2 heterocycles. The van der Waals surface area contributed by atoms with Gasteiger partial charge in [-0.05, 0) is 25.0 Å². The van der Waals surface area contributed by atoms with E-state index in [1.54, 1.807) is 23.1 Å². The fourth-order valence-corrected chi connectivity index (χ4v) is 3.29. The summed E-state index contributed by atoms with van der Waals surface area (Å²) in [5.41, 5.74) is 0.0249. The second-order valence-corrected chi connectivity index (χ2v) is 6.14. The van der Waals surface area contributed by atoms with Crippen molar-refractivity contribution in [2.45, 2.75) is 18.9 Å². The Kier molecular flexibility index (Phi) is 4.94. The van der Waals surface area contributed by atoms with Gasteiger partial charge < -0.3 is 14.7 Å². The molecule has 1 fully saturated rings. The van der Waals surface area contributed by atoms with Crippen LogP contribution < -0.4 is 10.5 Å². The first-order valence-electron chi connectivity index (χ1n) is 7.90. The van der Waals surface area contributed by atoms with Gasteiger partial charge in [-0.15, -0.1) is 0 Å². The molecule has 0 aliphatic carbocycles. The minimum absolute atomic E-state index is 0.146. The highest BCUT2D eigenvalue weighted by molar-refractivity contribution is 6.33. The number of halogens is 1. The summed E-state index contributed by atoms with van der Waals surface area (Å²) < 4.78 is 5.73. The highest BCUT2D eigenvalue weighted by Gasteiger charge is 2.33. The lowest BCUT2D eigenvalue weighted by Crippen LogP contribution is -2.37. The van der Waals surface area contributed by atoms with Crippen LogP contribution in [0.2, 0.25) is 5.02 Å². The molecule has 0 unspecified atom stereocenters. The van der Waals surface area contributed by atoms with E-state index in [-0.39, 0.29) is 22.0 Å². The molecule has 2 aromatic rings. The summed E-state index contributed by atoms with van der Waals surface area (Å²) in [7, 11) is 1.24. The van der Waals surface area contributed by atoms with Crippen LogP contribution in [-0.2, 0) is 9.53 Å². The van der Waals surface area contributed by atoms with E-state index >= 15 is 0 Å². The number of hydrogen-bond donors (Lipinski definition) is 1. The van der Waals surface area contributed by atoms with Crippen molar-refractivity contribution < 1.29 is 19.4 Å². The summed E-state index contributed by atoms with van der Waals surface area (Å²) in [6, 6.07) is 5.61. The van der Waals surface area contributed by atoms with Gasteiger partial charge in [-0.1, -0.05) is 23.7 Å². The molecule has 1 aromatic carbocycles. The van der Waals surface area contributed by atoms with Gasteiger partial charge in [0.05, 0.1) is 30.2 Å². The SMILES string of the molecule is COC(=O)c1ccccc1-n1ncc(N2CCC[C@@H]2C(=O)O)c(Cl)c1=O. The molecular formula is C17H16ClN3O5. The average Bonchev–Trinajstić information content (AvgIpc) is 3.13. The fraction of sp³-hybridized carbons (Fsp3) is 0.294. The molecule has 26 heavy (non-hydrogen) atoms. The third-order valence-corrected chi connectivity index (χ3v) is 4.64. The number of rotatable bonds is 4. The van der Waals surface area contributed by atoms with Crippen molar-refractivity contribution in [1.82, 2.24) is 9.78 Å². The Morgan fingerprint density at radius 3 is 2.73 bits per heavy atom. The third-order valence-electron chi connectivity index (χ3n) is 4.29. The summed E-state index contributed by atoms with van der Waals surface area (Å²) in [4.78, 5) is 37.6. The molecule has 136 valence electrons. The van der Waals surface area contributed by atoms with Crippen molar-refractivity contribution in [3.8, 4) is 5.69 Å². The number of carbonyl (C=O) groups excluding carboxylic acids is 1. The summed E-state index contributed by atoms with van der Waals surface area (Å²) in [6.45, 7) is 0.473. The largest absolute Gasteiger partial charge is 0.480 e. The average molecular weight is 378 g/mol. The van der Waals surface area contributed by atoms with Gasteiger partial charge in [0.2, 0.25) is 0 Å². The molecular weight excluding hydrogens is 362 g/mol. The number of methoxy groups -OCH3 is 1. The first-order chi connectivity index (χ1) is 12.5. The number of ether oxygens (including phenoxy) is 1. The van der Waals surface area contributed by atoms with Crippen LogP contribution in [-0.4, -0.2) is 46.5 Å². The molecule has 0 spiro atoms. The molecule has 1 aliphatic heterocycles. The second-order valence-electron chi connectivity index (χ2n) is 5.76. The van der Waals surface area contributed by atoms with Crippen molar-refractivity contribution in [3.05, 3.63) is 51.4 Å². The number of carboxylic acid groups (broad SMARTS) is 1. The Labute approximate surface area is 153 Å². The van der Waals surface area contributed by atoms with E-state index in [4.69, 9.17) is 16.3 Å². The minimum atomic E-state index is -0.973. The van der Waals surface area contributed by atoms with Crippen LogP contribution in [0.1, 0.15) is 23.2 Å². The number of carbonyl (C=O) groups is 2. The van der Waals surface area contributed by atoms with E-state index in [9.17, 15) is 19.5 Å². The molecule has 0 saturated carbocycles. The zero-order valence-electron chi connectivity index (χ0n) is 13.9. The number of anilines is 1. The Hall–Kier alpha value is -2.87. The van der Waals surface area contributed by atoms with Gasteiger partial charge in [0.25, 0.3) is 5.56 Å². The fourth-order valence-electron chi connectivity index (χ4n) is 3.05. The first kappa shape index (κ1) is 17.9. The van der Waals surface area contributed by atoms with Gasteiger partial charge in [0, 0.05) is 6.54 Å². The van der Waals surface area contributed by atoms with E-state index in [2.05, 4.69) is 5.10 Å². The molecule has 1 aromatic heterocycles. The summed E-state index contributed by atoms with van der Waals surface area (Å²) >= 11 is 6.24. The van der Waals surface area contributed by atoms with Gasteiger partial charge in [-0.25, -0.2) is 9.59 Å². The molecule has 8 nitrogen and oxygen atoms in total. The van der Waals surface area contributed by atoms with Crippen molar-refractivity contribution in [3.63, 3.8) is 0 Å². The number of benzene rings is 1. The van der Waals surface area contributed by atoms with Crippen LogP contribution in [0.25, 0.3) is 5.69 Å². The zero-order valence-corrected chi connectivity index (χ0v) is 14.6. The lowest BCUT2D eigenvalue weighted by atomic mass is 10.2. The van der Waals surface area contributed by atoms with Gasteiger partial charge in [-0.2, -0.15) is 9.78 Å². The standard InChI is InChI=1S/C17H16ClN3O5/c1-26-17(25)10-5-2-3-6-11(10)21-15(22)14(18)13(9-19-21)20-8-4-7-12(20)16(23)24/h2-3,5-6,9,12H,4,7-8H2,1H3,(H,23,24)/t12-/m1/s1. The van der Waals surface area contributed by atoms with E-state index in [0.717, 1.165) is 4.68 Å². The molecule has 1 saturated heterocycles. The van der Waals surface area contributed by atoms with E-state index in [0.29, 0.717) is 19.4 Å². The Morgan fingerprint density at radius 1 is 1.31 bits per heavy atom. The summed E-state index contributed by atoms with van der Waals surface area (Å²) in [5, 5.41) is 13.3. The number of aromatic nitrogens is 2. The maximum absolute atomic E-state index is 12.7. The molecule has 1 atom stereocenters. The number of para-hydroxylation sites is 1. The smallest absolute Gasteiger partial charge is 0.340 e. The third kappa shape index (κ3) is 3.03. The normalized spacial score (nSPS) is 16.5. The van der Waals surface area contributed by atoms with Crippen molar-refractivity contribution in [2.75, 3.05) is 18.6 Å². The summed E-state index contributed by atoms with van der Waals surface area (Å²) in [6.07, 6.45) is 2.50. The monoisotopic (exact) mass is 377 g/mol. The number of hydrogen-bond acceptors (Lipinski definition) is 6. The Balaban J connectivity index is 2.09. The van der Waals surface area contributed by atoms with E-state index in [1.807, 2.05) is 0 Å². The molecule has 3 rings (SSSR count). The van der Waals surface area contributed by atoms with Crippen LogP contribution in [0.5, 0.6) is 0 Å². The highest BCUT2D eigenvalue weighted by atomic mass is 35.5. The Morgan fingerprint density at radius 2 is 2.04 bits per heavy atom. The van der Waals surface area contributed by atoms with Crippen LogP contribution >= 0.6 is 11.6 Å². The second kappa shape index (κ2) is 7.17. The molecule has 9 heteroatoms. The van der Waals surface area contributed by atoms with Crippen LogP contribution in [0, 0.1) is 0 Å². The summed E-state index contributed by atoms with van der Waals surface area (Å²) in [5.74, 6) is -1.58. The van der Waals surface area contributed by atoms with Crippen LogP contribution in [0.3, 0.4) is 0 Å². The van der Waals surface area contributed by atoms with Crippen molar-refractivity contribution in [2.24, 2.45) is 0 Å². The number of esters is 1. The molecule has 1 aliphatic rings. The lowest BCUT2D eigenvalue weighted by Gasteiger charge is -2.24. The topological polar surface area (TPSA) is 102 Å². The predicted octanol–water partition coefficient (Wildman–Crippen LogP) is 1.73. The van der Waals surface area contributed by atoms with Crippen molar-refractivity contribution >= 4 is 29.2 Å². The number of aliphatic carboxylic acids is 1. The van der Waals surface area contributed by atoms with Gasteiger partial charge in [0.1, 0.15) is 11.1 Å². The lowest BCUT2D eigenvalue weighted by molar-refractivity contribution is -0.138. The molecule has 0 bridgehead atoms. The maximum atomic E-state index is 12.7. The van der Waals surface area contributed by atoms with Gasteiger partial charge in [0.15, 0.2) is 0 Å². The number of nitrogens with zero attached hydrogens (tertiary/aromatic N) is 3. The minimum Gasteiger partial charge on any atom is -0.480 e.